The molecule has 0 aromatic carbocycles. The van der Waals surface area contributed by atoms with Crippen LogP contribution >= 0.6 is 0 Å². The smallest absolute Gasteiger partial charge is 0.191 e. The van der Waals surface area contributed by atoms with Gasteiger partial charge in [-0.1, -0.05) is 0 Å². The van der Waals surface area contributed by atoms with Crippen LogP contribution in [0, 0.1) is 0 Å². The first-order valence-electron chi connectivity index (χ1n) is 9.63. The Bertz CT molecular complexity index is 543. The Kier molecular flexibility index (Phi) is 9.20. The van der Waals surface area contributed by atoms with Crippen LogP contribution in [0.3, 0.4) is 0 Å². The van der Waals surface area contributed by atoms with Crippen molar-refractivity contribution in [3.63, 3.8) is 0 Å². The lowest BCUT2D eigenvalue weighted by Gasteiger charge is -2.33. The Balaban J connectivity index is 1.74. The number of aliphatic imine (C=N–C) groups is 1. The Labute approximate surface area is 157 Å². The van der Waals surface area contributed by atoms with Gasteiger partial charge in [0, 0.05) is 65.7 Å². The predicted molar refractivity (Wildman–Crippen MR) is 108 cm³/mol. The van der Waals surface area contributed by atoms with E-state index in [1.165, 1.54) is 5.56 Å². The Morgan fingerprint density at radius 1 is 1.23 bits per heavy atom. The van der Waals surface area contributed by atoms with Gasteiger partial charge in [0.05, 0.1) is 0 Å². The number of anilines is 1. The van der Waals surface area contributed by atoms with Gasteiger partial charge in [-0.3, -0.25) is 4.99 Å². The molecule has 1 fully saturated rings. The Hall–Kier alpha value is -1.86. The van der Waals surface area contributed by atoms with Crippen molar-refractivity contribution in [2.75, 3.05) is 64.9 Å². The van der Waals surface area contributed by atoms with E-state index in [0.29, 0.717) is 0 Å². The number of pyridine rings is 1. The molecule has 0 amide bonds. The molecule has 1 aromatic rings. The van der Waals surface area contributed by atoms with Gasteiger partial charge in [-0.2, -0.15) is 0 Å². The maximum absolute atomic E-state index is 5.35. The van der Waals surface area contributed by atoms with Crippen molar-refractivity contribution in [1.82, 2.24) is 20.5 Å². The monoisotopic (exact) mass is 362 g/mol. The zero-order valence-corrected chi connectivity index (χ0v) is 16.5. The first kappa shape index (κ1) is 20.5. The summed E-state index contributed by atoms with van der Waals surface area (Å²) in [7, 11) is 3.97. The number of ether oxygens (including phenoxy) is 1. The van der Waals surface area contributed by atoms with E-state index in [0.717, 1.165) is 77.1 Å². The number of rotatable bonds is 9. The van der Waals surface area contributed by atoms with Gasteiger partial charge >= 0.3 is 0 Å². The molecule has 0 aliphatic carbocycles. The van der Waals surface area contributed by atoms with Crippen molar-refractivity contribution in [3.8, 4) is 0 Å². The minimum Gasteiger partial charge on any atom is -0.382 e. The van der Waals surface area contributed by atoms with Crippen LogP contribution < -0.4 is 15.5 Å². The molecule has 7 nitrogen and oxygen atoms in total. The molecular weight excluding hydrogens is 328 g/mol. The molecule has 7 heteroatoms. The fourth-order valence-electron chi connectivity index (χ4n) is 2.87. The van der Waals surface area contributed by atoms with Crippen LogP contribution in [0.2, 0.25) is 0 Å². The van der Waals surface area contributed by atoms with E-state index in [-0.39, 0.29) is 0 Å². The second-order valence-corrected chi connectivity index (χ2v) is 6.57. The summed E-state index contributed by atoms with van der Waals surface area (Å²) in [4.78, 5) is 13.5. The van der Waals surface area contributed by atoms with Crippen molar-refractivity contribution in [2.24, 2.45) is 4.99 Å². The second-order valence-electron chi connectivity index (χ2n) is 6.57. The molecule has 1 aliphatic heterocycles. The lowest BCUT2D eigenvalue weighted by Crippen LogP contribution is -2.44. The number of hydrogen-bond donors (Lipinski definition) is 2. The fourth-order valence-corrected chi connectivity index (χ4v) is 2.87. The van der Waals surface area contributed by atoms with Crippen molar-refractivity contribution in [1.29, 1.82) is 0 Å². The van der Waals surface area contributed by atoms with Crippen LogP contribution in [0.4, 0.5) is 5.82 Å². The van der Waals surface area contributed by atoms with Gasteiger partial charge in [-0.25, -0.2) is 4.98 Å². The average molecular weight is 363 g/mol. The van der Waals surface area contributed by atoms with Crippen LogP contribution in [0.1, 0.15) is 25.3 Å². The SMILES string of the molecule is CCOCCCCNC(=NC)NCc1ccnc(N2CCN(C)CC2)c1. The molecule has 0 atom stereocenters. The number of unbranched alkanes of at least 4 members (excludes halogenated alkanes) is 1. The lowest BCUT2D eigenvalue weighted by molar-refractivity contribution is 0.143. The van der Waals surface area contributed by atoms with Gasteiger partial charge in [0.1, 0.15) is 5.82 Å². The first-order chi connectivity index (χ1) is 12.7. The van der Waals surface area contributed by atoms with Gasteiger partial charge in [0.2, 0.25) is 0 Å². The van der Waals surface area contributed by atoms with Gasteiger partial charge in [-0.05, 0) is 44.5 Å². The largest absolute Gasteiger partial charge is 0.382 e. The molecule has 0 bridgehead atoms. The Morgan fingerprint density at radius 2 is 2.04 bits per heavy atom. The van der Waals surface area contributed by atoms with Crippen molar-refractivity contribution in [3.05, 3.63) is 23.9 Å². The molecule has 2 rings (SSSR count). The van der Waals surface area contributed by atoms with Gasteiger partial charge in [-0.15, -0.1) is 0 Å². The van der Waals surface area contributed by atoms with Crippen LogP contribution in [-0.4, -0.2) is 75.9 Å². The molecule has 1 aromatic heterocycles. The van der Waals surface area contributed by atoms with Crippen LogP contribution in [-0.2, 0) is 11.3 Å². The van der Waals surface area contributed by atoms with Crippen LogP contribution in [0.5, 0.6) is 0 Å². The molecule has 0 spiro atoms. The molecule has 1 saturated heterocycles. The summed E-state index contributed by atoms with van der Waals surface area (Å²) in [6.45, 7) is 9.52. The molecule has 0 radical (unpaired) electrons. The predicted octanol–water partition coefficient (Wildman–Crippen LogP) is 1.32. The highest BCUT2D eigenvalue weighted by atomic mass is 16.5. The lowest BCUT2D eigenvalue weighted by atomic mass is 10.2. The van der Waals surface area contributed by atoms with Gasteiger partial charge in [0.15, 0.2) is 5.96 Å². The highest BCUT2D eigenvalue weighted by molar-refractivity contribution is 5.79. The molecule has 1 aliphatic rings. The van der Waals surface area contributed by atoms with Crippen molar-refractivity contribution < 1.29 is 4.74 Å². The third kappa shape index (κ3) is 7.17. The third-order valence-electron chi connectivity index (χ3n) is 4.53. The average Bonchev–Trinajstić information content (AvgIpc) is 2.67. The van der Waals surface area contributed by atoms with Crippen LogP contribution in [0.25, 0.3) is 0 Å². The fraction of sp³-hybridized carbons (Fsp3) is 0.684. The summed E-state index contributed by atoms with van der Waals surface area (Å²) in [5.41, 5.74) is 1.22. The summed E-state index contributed by atoms with van der Waals surface area (Å²) in [5.74, 6) is 1.90. The number of aromatic nitrogens is 1. The van der Waals surface area contributed by atoms with Gasteiger partial charge in [0.25, 0.3) is 0 Å². The van der Waals surface area contributed by atoms with Crippen LogP contribution in [0.15, 0.2) is 23.3 Å². The first-order valence-corrected chi connectivity index (χ1v) is 9.63. The van der Waals surface area contributed by atoms with Crippen molar-refractivity contribution in [2.45, 2.75) is 26.3 Å². The maximum atomic E-state index is 5.35. The molecule has 2 N–H and O–H groups in total. The number of likely N-dealkylation sites (N-methyl/N-ethyl adjacent to an activating group) is 1. The zero-order chi connectivity index (χ0) is 18.6. The molecule has 0 unspecified atom stereocenters. The summed E-state index contributed by atoms with van der Waals surface area (Å²) >= 11 is 0. The van der Waals surface area contributed by atoms with E-state index < -0.39 is 0 Å². The number of piperazine rings is 1. The van der Waals surface area contributed by atoms with E-state index in [1.807, 2.05) is 13.1 Å². The highest BCUT2D eigenvalue weighted by Crippen LogP contribution is 2.14. The summed E-state index contributed by atoms with van der Waals surface area (Å²) in [5, 5.41) is 6.73. The molecule has 146 valence electrons. The van der Waals surface area contributed by atoms with E-state index in [2.05, 4.69) is 49.6 Å². The number of hydrogen-bond acceptors (Lipinski definition) is 5. The number of nitrogens with one attached hydrogen (secondary N) is 2. The number of guanidine groups is 1. The zero-order valence-electron chi connectivity index (χ0n) is 16.5. The highest BCUT2D eigenvalue weighted by Gasteiger charge is 2.15. The molecule has 2 heterocycles. The number of nitrogens with zero attached hydrogens (tertiary/aromatic N) is 4. The van der Waals surface area contributed by atoms with E-state index in [4.69, 9.17) is 4.74 Å². The van der Waals surface area contributed by atoms with E-state index in [1.54, 1.807) is 7.05 Å². The summed E-state index contributed by atoms with van der Waals surface area (Å²) < 4.78 is 5.35. The standard InChI is InChI=1S/C19H34N6O/c1-4-26-14-6-5-8-22-19(20-2)23-16-17-7-9-21-18(15-17)25-12-10-24(3)11-13-25/h7,9,15H,4-6,8,10-14,16H2,1-3H3,(H2,20,22,23). The molecule has 26 heavy (non-hydrogen) atoms. The topological polar surface area (TPSA) is 65.0 Å². The summed E-state index contributed by atoms with van der Waals surface area (Å²) in [6.07, 6.45) is 4.04. The molecular formula is C19H34N6O. The summed E-state index contributed by atoms with van der Waals surface area (Å²) in [6, 6.07) is 4.23. The molecule has 0 saturated carbocycles. The van der Waals surface area contributed by atoms with E-state index in [9.17, 15) is 0 Å². The quantitative estimate of drug-likeness (QED) is 0.392. The maximum Gasteiger partial charge on any atom is 0.191 e. The van der Waals surface area contributed by atoms with Crippen molar-refractivity contribution >= 4 is 11.8 Å². The minimum atomic E-state index is 0.738. The third-order valence-corrected chi connectivity index (χ3v) is 4.53. The van der Waals surface area contributed by atoms with E-state index >= 15 is 0 Å². The Morgan fingerprint density at radius 3 is 2.77 bits per heavy atom. The van der Waals surface area contributed by atoms with Gasteiger partial charge < -0.3 is 25.2 Å². The minimum absolute atomic E-state index is 0.738. The second kappa shape index (κ2) is 11.7. The normalized spacial score (nSPS) is 16.0.